The van der Waals surface area contributed by atoms with E-state index in [0.717, 1.165) is 37.0 Å². The third-order valence-corrected chi connectivity index (χ3v) is 5.18. The van der Waals surface area contributed by atoms with Crippen LogP contribution in [-0.2, 0) is 9.53 Å². The Morgan fingerprint density at radius 2 is 1.83 bits per heavy atom. The van der Waals surface area contributed by atoms with Crippen LogP contribution in [0.15, 0.2) is 0 Å². The van der Waals surface area contributed by atoms with Crippen LogP contribution in [0.4, 0.5) is 0 Å². The van der Waals surface area contributed by atoms with E-state index in [9.17, 15) is 4.79 Å². The van der Waals surface area contributed by atoms with Crippen molar-refractivity contribution in [2.45, 2.75) is 70.8 Å². The quantitative estimate of drug-likeness (QED) is 0.756. The molecule has 0 radical (unpaired) electrons. The molecule has 0 aromatic rings. The topological polar surface area (TPSA) is 26.3 Å². The molecule has 2 aliphatic rings. The molecule has 2 nitrogen and oxygen atoms in total. The molecule has 0 aliphatic heterocycles. The molecule has 2 rings (SSSR count). The molecule has 2 atom stereocenters. The van der Waals surface area contributed by atoms with E-state index in [1.165, 1.54) is 38.5 Å². The molecule has 104 valence electrons. The van der Waals surface area contributed by atoms with E-state index in [2.05, 4.69) is 6.92 Å². The molecular weight excluding hydrogens is 224 g/mol. The van der Waals surface area contributed by atoms with Crippen LogP contribution in [0.1, 0.15) is 64.7 Å². The highest BCUT2D eigenvalue weighted by Crippen LogP contribution is 2.40. The van der Waals surface area contributed by atoms with Crippen LogP contribution in [0, 0.1) is 17.8 Å². The summed E-state index contributed by atoms with van der Waals surface area (Å²) in [6, 6.07) is 0. The van der Waals surface area contributed by atoms with Crippen LogP contribution in [0.5, 0.6) is 0 Å². The summed E-state index contributed by atoms with van der Waals surface area (Å²) in [7, 11) is 1.68. The van der Waals surface area contributed by atoms with Crippen molar-refractivity contribution in [3.05, 3.63) is 0 Å². The Morgan fingerprint density at radius 3 is 2.44 bits per heavy atom. The Morgan fingerprint density at radius 1 is 1.11 bits per heavy atom. The highest BCUT2D eigenvalue weighted by atomic mass is 16.5. The van der Waals surface area contributed by atoms with Crippen molar-refractivity contribution in [1.82, 2.24) is 0 Å². The maximum absolute atomic E-state index is 11.7. The van der Waals surface area contributed by atoms with Gasteiger partial charge in [0.2, 0.25) is 0 Å². The average molecular weight is 252 g/mol. The molecule has 0 aromatic carbocycles. The van der Waals surface area contributed by atoms with Gasteiger partial charge < -0.3 is 4.74 Å². The molecule has 2 heteroatoms. The van der Waals surface area contributed by atoms with Crippen molar-refractivity contribution in [3.8, 4) is 0 Å². The number of methoxy groups -OCH3 is 1. The number of hydrogen-bond donors (Lipinski definition) is 0. The summed E-state index contributed by atoms with van der Waals surface area (Å²) in [5.41, 5.74) is 0. The highest BCUT2D eigenvalue weighted by Gasteiger charge is 2.34. The Balaban J connectivity index is 1.81. The van der Waals surface area contributed by atoms with Crippen molar-refractivity contribution < 1.29 is 9.53 Å². The van der Waals surface area contributed by atoms with Crippen molar-refractivity contribution >= 4 is 5.78 Å². The molecule has 2 saturated carbocycles. The van der Waals surface area contributed by atoms with E-state index in [4.69, 9.17) is 4.74 Å². The second kappa shape index (κ2) is 6.70. The highest BCUT2D eigenvalue weighted by molar-refractivity contribution is 5.83. The van der Waals surface area contributed by atoms with Gasteiger partial charge in [0.15, 0.2) is 5.78 Å². The van der Waals surface area contributed by atoms with Gasteiger partial charge in [-0.3, -0.25) is 4.79 Å². The standard InChI is InChI=1S/C16H28O2/c1-3-4-12-5-7-13(8-6-12)14-9-10-15(17)16(11-14)18-2/h12-14,16H,3-11H2,1-2H3. The number of carbonyl (C=O) groups excluding carboxylic acids is 1. The summed E-state index contributed by atoms with van der Waals surface area (Å²) in [5.74, 6) is 2.92. The van der Waals surface area contributed by atoms with E-state index in [-0.39, 0.29) is 6.10 Å². The summed E-state index contributed by atoms with van der Waals surface area (Å²) in [5, 5.41) is 0. The van der Waals surface area contributed by atoms with Gasteiger partial charge in [0, 0.05) is 13.5 Å². The van der Waals surface area contributed by atoms with Crippen LogP contribution in [0.2, 0.25) is 0 Å². The Hall–Kier alpha value is -0.370. The predicted octanol–water partition coefficient (Wildman–Crippen LogP) is 3.98. The van der Waals surface area contributed by atoms with E-state index in [1.807, 2.05) is 0 Å². The van der Waals surface area contributed by atoms with E-state index >= 15 is 0 Å². The first-order valence-corrected chi connectivity index (χ1v) is 7.80. The zero-order chi connectivity index (χ0) is 13.0. The lowest BCUT2D eigenvalue weighted by Gasteiger charge is -2.37. The molecule has 0 heterocycles. The number of rotatable bonds is 4. The van der Waals surface area contributed by atoms with Crippen molar-refractivity contribution in [2.75, 3.05) is 7.11 Å². The maximum atomic E-state index is 11.7. The van der Waals surface area contributed by atoms with Gasteiger partial charge in [-0.15, -0.1) is 0 Å². The number of ether oxygens (including phenoxy) is 1. The van der Waals surface area contributed by atoms with Crippen LogP contribution in [0.3, 0.4) is 0 Å². The minimum Gasteiger partial charge on any atom is -0.374 e. The molecule has 2 aliphatic carbocycles. The summed E-state index contributed by atoms with van der Waals surface area (Å²) in [6.45, 7) is 2.29. The monoisotopic (exact) mass is 252 g/mol. The van der Waals surface area contributed by atoms with Crippen molar-refractivity contribution in [1.29, 1.82) is 0 Å². The first-order valence-electron chi connectivity index (χ1n) is 7.80. The first kappa shape index (κ1) is 14.0. The van der Waals surface area contributed by atoms with E-state index < -0.39 is 0 Å². The predicted molar refractivity (Wildman–Crippen MR) is 73.5 cm³/mol. The van der Waals surface area contributed by atoms with Gasteiger partial charge in [-0.1, -0.05) is 32.6 Å². The molecule has 18 heavy (non-hydrogen) atoms. The first-order chi connectivity index (χ1) is 8.74. The summed E-state index contributed by atoms with van der Waals surface area (Å²) >= 11 is 0. The summed E-state index contributed by atoms with van der Waals surface area (Å²) in [4.78, 5) is 11.7. The number of carbonyl (C=O) groups is 1. The van der Waals surface area contributed by atoms with Crippen molar-refractivity contribution in [2.24, 2.45) is 17.8 Å². The van der Waals surface area contributed by atoms with Gasteiger partial charge in [0.1, 0.15) is 6.10 Å². The smallest absolute Gasteiger partial charge is 0.161 e. The minimum absolute atomic E-state index is 0.0999. The normalized spacial score (nSPS) is 37.8. The maximum Gasteiger partial charge on any atom is 0.161 e. The van der Waals surface area contributed by atoms with Crippen LogP contribution in [-0.4, -0.2) is 19.0 Å². The molecule has 0 amide bonds. The lowest BCUT2D eigenvalue weighted by atomic mass is 9.69. The van der Waals surface area contributed by atoms with Gasteiger partial charge >= 0.3 is 0 Å². The second-order valence-electron chi connectivity index (χ2n) is 6.29. The van der Waals surface area contributed by atoms with Gasteiger partial charge in [0.25, 0.3) is 0 Å². The van der Waals surface area contributed by atoms with Gasteiger partial charge in [-0.25, -0.2) is 0 Å². The lowest BCUT2D eigenvalue weighted by molar-refractivity contribution is -0.133. The largest absolute Gasteiger partial charge is 0.374 e. The zero-order valence-electron chi connectivity index (χ0n) is 12.0. The Labute approximate surface area is 111 Å². The second-order valence-corrected chi connectivity index (χ2v) is 6.29. The van der Waals surface area contributed by atoms with Gasteiger partial charge in [-0.05, 0) is 43.4 Å². The SMILES string of the molecule is CCCC1CCC(C2CCC(=O)C(OC)C2)CC1. The molecule has 2 unspecified atom stereocenters. The zero-order valence-corrected chi connectivity index (χ0v) is 12.0. The van der Waals surface area contributed by atoms with Crippen molar-refractivity contribution in [3.63, 3.8) is 0 Å². The molecule has 0 aromatic heterocycles. The molecule has 0 spiro atoms. The van der Waals surface area contributed by atoms with E-state index in [1.54, 1.807) is 7.11 Å². The third kappa shape index (κ3) is 3.34. The lowest BCUT2D eigenvalue weighted by Crippen LogP contribution is -2.35. The van der Waals surface area contributed by atoms with E-state index in [0.29, 0.717) is 5.78 Å². The number of ketones is 1. The molecule has 0 saturated heterocycles. The Bertz CT molecular complexity index is 266. The van der Waals surface area contributed by atoms with Gasteiger partial charge in [-0.2, -0.15) is 0 Å². The summed E-state index contributed by atoms with van der Waals surface area (Å²) < 4.78 is 5.33. The fraction of sp³-hybridized carbons (Fsp3) is 0.938. The third-order valence-electron chi connectivity index (χ3n) is 5.18. The molecule has 0 N–H and O–H groups in total. The fourth-order valence-electron chi connectivity index (χ4n) is 4.03. The van der Waals surface area contributed by atoms with Gasteiger partial charge in [0.05, 0.1) is 0 Å². The average Bonchev–Trinajstić information content (AvgIpc) is 2.41. The number of hydrogen-bond acceptors (Lipinski definition) is 2. The minimum atomic E-state index is -0.0999. The van der Waals surface area contributed by atoms with Crippen LogP contribution < -0.4 is 0 Å². The molecular formula is C16H28O2. The molecule has 0 bridgehead atoms. The van der Waals surface area contributed by atoms with Crippen LogP contribution >= 0.6 is 0 Å². The fourth-order valence-corrected chi connectivity index (χ4v) is 4.03. The number of Topliss-reactive ketones (excluding diaryl/α,β-unsaturated/α-hetero) is 1. The van der Waals surface area contributed by atoms with Crippen LogP contribution in [0.25, 0.3) is 0 Å². The summed E-state index contributed by atoms with van der Waals surface area (Å²) in [6.07, 6.45) is 11.1. The molecule has 2 fully saturated rings. The Kier molecular flexibility index (Phi) is 5.23.